The van der Waals surface area contributed by atoms with E-state index in [4.69, 9.17) is 4.74 Å². The first-order chi connectivity index (χ1) is 12.6. The first-order valence-corrected chi connectivity index (χ1v) is 9.41. The molecule has 0 aliphatic carbocycles. The highest BCUT2D eigenvalue weighted by Gasteiger charge is 2.62. The molecule has 144 valence electrons. The number of rotatable bonds is 2. The maximum absolute atomic E-state index is 13.4. The van der Waals surface area contributed by atoms with Crippen LogP contribution < -0.4 is 9.47 Å². The van der Waals surface area contributed by atoms with Gasteiger partial charge in [-0.25, -0.2) is 8.42 Å². The van der Waals surface area contributed by atoms with Crippen molar-refractivity contribution in [2.75, 3.05) is 12.3 Å². The summed E-state index contributed by atoms with van der Waals surface area (Å²) in [5.41, 5.74) is -0.0880. The van der Waals surface area contributed by atoms with Crippen LogP contribution in [0.25, 0.3) is 0 Å². The molecule has 3 aliphatic heterocycles. The molecule has 0 N–H and O–H groups in total. The summed E-state index contributed by atoms with van der Waals surface area (Å²) in [6, 6.07) is 3.56. The molecule has 6 nitrogen and oxygen atoms in total. The highest BCUT2D eigenvalue weighted by Crippen LogP contribution is 2.46. The van der Waals surface area contributed by atoms with E-state index < -0.39 is 34.2 Å². The Morgan fingerprint density at radius 3 is 2.78 bits per heavy atom. The van der Waals surface area contributed by atoms with Gasteiger partial charge < -0.3 is 14.4 Å². The molecule has 0 saturated carbocycles. The molecule has 11 heteroatoms. The summed E-state index contributed by atoms with van der Waals surface area (Å²) in [4.78, 5) is 1.57. The van der Waals surface area contributed by atoms with Crippen molar-refractivity contribution >= 4 is 15.9 Å². The number of ether oxygens (including phenoxy) is 2. The van der Waals surface area contributed by atoms with Gasteiger partial charge in [-0.2, -0.15) is 17.6 Å². The molecule has 0 bridgehead atoms. The van der Waals surface area contributed by atoms with Crippen molar-refractivity contribution in [2.24, 2.45) is 4.40 Å². The van der Waals surface area contributed by atoms with Crippen LogP contribution in [-0.2, 0) is 16.4 Å². The van der Waals surface area contributed by atoms with Crippen LogP contribution in [0.1, 0.15) is 5.56 Å². The largest absolute Gasteiger partial charge is 0.464 e. The zero-order chi connectivity index (χ0) is 19.4. The van der Waals surface area contributed by atoms with Gasteiger partial charge in [-0.15, -0.1) is 4.40 Å². The third-order valence-corrected chi connectivity index (χ3v) is 5.31. The van der Waals surface area contributed by atoms with E-state index in [2.05, 4.69) is 9.13 Å². The minimum atomic E-state index is -4.64. The second-order valence-corrected chi connectivity index (χ2v) is 7.89. The van der Waals surface area contributed by atoms with Crippen LogP contribution in [0.2, 0.25) is 0 Å². The molecule has 0 unspecified atom stereocenters. The van der Waals surface area contributed by atoms with Crippen molar-refractivity contribution in [3.05, 3.63) is 47.9 Å². The smallest absolute Gasteiger partial charge is 0.453 e. The van der Waals surface area contributed by atoms with Crippen LogP contribution in [0.5, 0.6) is 11.5 Å². The maximum Gasteiger partial charge on any atom is 0.464 e. The Bertz CT molecular complexity index is 1000. The third kappa shape index (κ3) is 3.15. The van der Waals surface area contributed by atoms with Gasteiger partial charge >= 0.3 is 12.0 Å². The van der Waals surface area contributed by atoms with Gasteiger partial charge in [-0.05, 0) is 18.2 Å². The summed E-state index contributed by atoms with van der Waals surface area (Å²) in [6.45, 7) is 0.187. The average molecular weight is 404 g/mol. The molecule has 4 rings (SSSR count). The van der Waals surface area contributed by atoms with E-state index in [1.54, 1.807) is 17.2 Å². The molecule has 1 aromatic rings. The van der Waals surface area contributed by atoms with Gasteiger partial charge in [0.15, 0.2) is 11.6 Å². The predicted octanol–water partition coefficient (Wildman–Crippen LogP) is 2.68. The lowest BCUT2D eigenvalue weighted by molar-refractivity contribution is -0.316. The number of nitrogens with zero attached hydrogens (tertiary/aromatic N) is 2. The molecule has 0 fully saturated rings. The van der Waals surface area contributed by atoms with Crippen LogP contribution in [-0.4, -0.2) is 43.5 Å². The minimum Gasteiger partial charge on any atom is -0.453 e. The van der Waals surface area contributed by atoms with Crippen LogP contribution in [0.4, 0.5) is 17.6 Å². The van der Waals surface area contributed by atoms with E-state index >= 15 is 0 Å². The van der Waals surface area contributed by atoms with Gasteiger partial charge in [0.2, 0.25) is 0 Å². The Morgan fingerprint density at radius 1 is 1.22 bits per heavy atom. The van der Waals surface area contributed by atoms with Gasteiger partial charge in [0.25, 0.3) is 10.0 Å². The molecule has 0 atom stereocenters. The topological polar surface area (TPSA) is 68.2 Å². The summed E-state index contributed by atoms with van der Waals surface area (Å²) >= 11 is 0. The van der Waals surface area contributed by atoms with Crippen molar-refractivity contribution in [1.29, 1.82) is 0 Å². The number of amidine groups is 1. The zero-order valence-electron chi connectivity index (χ0n) is 13.5. The first-order valence-electron chi connectivity index (χ1n) is 7.80. The molecule has 3 heterocycles. The fourth-order valence-electron chi connectivity index (χ4n) is 2.79. The monoisotopic (exact) mass is 404 g/mol. The van der Waals surface area contributed by atoms with Crippen molar-refractivity contribution in [3.63, 3.8) is 0 Å². The second kappa shape index (κ2) is 5.72. The molecular formula is C16H12F4N2O4S. The second-order valence-electron chi connectivity index (χ2n) is 6.14. The SMILES string of the molecule is O=S1(=O)CCN2C=CC=C(Oc3ccc4c(c3)OC(F)(F)C(F)(F)C4)C2=N1. The Labute approximate surface area is 151 Å². The van der Waals surface area contributed by atoms with Gasteiger partial charge in [0.05, 0.1) is 12.2 Å². The number of sulfonamides is 1. The number of fused-ring (bicyclic) bond motifs is 2. The molecule has 0 radical (unpaired) electrons. The Hall–Kier alpha value is -2.56. The number of hydrogen-bond acceptors (Lipinski definition) is 5. The standard InChI is InChI=1S/C16H12F4N2O4S/c17-15(18)9-10-3-4-11(8-13(10)26-16(15,19)20)25-12-2-1-5-22-6-7-27(23,24)21-14(12)22/h1-5,8H,6-7,9H2. The molecule has 3 aliphatic rings. The summed E-state index contributed by atoms with van der Waals surface area (Å²) in [7, 11) is -3.64. The number of hydrogen-bond donors (Lipinski definition) is 0. The van der Waals surface area contributed by atoms with E-state index in [1.165, 1.54) is 18.2 Å². The van der Waals surface area contributed by atoms with Crippen molar-refractivity contribution in [3.8, 4) is 11.5 Å². The number of halogens is 4. The van der Waals surface area contributed by atoms with Gasteiger partial charge in [-0.1, -0.05) is 6.07 Å². The van der Waals surface area contributed by atoms with Crippen LogP contribution in [0.3, 0.4) is 0 Å². The Kier molecular flexibility index (Phi) is 3.78. The molecular weight excluding hydrogens is 392 g/mol. The van der Waals surface area contributed by atoms with Gasteiger partial charge in [-0.3, -0.25) is 0 Å². The van der Waals surface area contributed by atoms with Crippen molar-refractivity contribution in [1.82, 2.24) is 4.90 Å². The van der Waals surface area contributed by atoms with Gasteiger partial charge in [0, 0.05) is 24.4 Å². The van der Waals surface area contributed by atoms with Crippen LogP contribution >= 0.6 is 0 Å². The minimum absolute atomic E-state index is 0.0157. The fraction of sp³-hybridized carbons (Fsp3) is 0.312. The molecule has 0 spiro atoms. The predicted molar refractivity (Wildman–Crippen MR) is 86.4 cm³/mol. The van der Waals surface area contributed by atoms with Crippen molar-refractivity contribution < 1.29 is 35.5 Å². The average Bonchev–Trinajstić information content (AvgIpc) is 2.56. The normalized spacial score (nSPS) is 24.1. The van der Waals surface area contributed by atoms with E-state index in [-0.39, 0.29) is 35.2 Å². The van der Waals surface area contributed by atoms with Crippen LogP contribution in [0, 0.1) is 0 Å². The van der Waals surface area contributed by atoms with Crippen LogP contribution in [0.15, 0.2) is 46.7 Å². The Balaban J connectivity index is 1.64. The van der Waals surface area contributed by atoms with E-state index in [1.807, 2.05) is 0 Å². The molecule has 0 saturated heterocycles. The third-order valence-electron chi connectivity index (χ3n) is 4.16. The number of benzene rings is 1. The lowest BCUT2D eigenvalue weighted by atomic mass is 10.0. The quantitative estimate of drug-likeness (QED) is 0.709. The summed E-state index contributed by atoms with van der Waals surface area (Å²) in [5.74, 6) is -4.74. The van der Waals surface area contributed by atoms with E-state index in [0.717, 1.165) is 6.07 Å². The number of alkyl halides is 4. The summed E-state index contributed by atoms with van der Waals surface area (Å²) in [5, 5.41) is 0. The first kappa shape index (κ1) is 17.8. The summed E-state index contributed by atoms with van der Waals surface area (Å²) in [6.07, 6.45) is -1.11. The molecule has 0 aromatic heterocycles. The summed E-state index contributed by atoms with van der Waals surface area (Å²) < 4.78 is 90.5. The lowest BCUT2D eigenvalue weighted by Gasteiger charge is -2.32. The van der Waals surface area contributed by atoms with Gasteiger partial charge in [0.1, 0.15) is 11.5 Å². The highest BCUT2D eigenvalue weighted by atomic mass is 32.2. The number of allylic oxidation sites excluding steroid dienone is 2. The lowest BCUT2D eigenvalue weighted by Crippen LogP contribution is -2.49. The van der Waals surface area contributed by atoms with E-state index in [9.17, 15) is 26.0 Å². The Morgan fingerprint density at radius 2 is 2.00 bits per heavy atom. The molecule has 0 amide bonds. The fourth-order valence-corrected chi connectivity index (χ4v) is 3.77. The van der Waals surface area contributed by atoms with E-state index in [0.29, 0.717) is 0 Å². The zero-order valence-corrected chi connectivity index (χ0v) is 14.3. The maximum atomic E-state index is 13.4. The highest BCUT2D eigenvalue weighted by molar-refractivity contribution is 7.90. The molecule has 1 aromatic carbocycles. The molecule has 27 heavy (non-hydrogen) atoms. The van der Waals surface area contributed by atoms with Crippen molar-refractivity contribution in [2.45, 2.75) is 18.5 Å².